The number of aromatic nitrogens is 2. The van der Waals surface area contributed by atoms with E-state index >= 15 is 0 Å². The standard InChI is InChI=1S/C29H35N5O3S/c1-21-17-22-7-8-25(19-23(22)18-21)31-28-9-12-30-29(33-28)32-24-5-3-6-26(20-24)37-16-4-13-34-14-10-27(11-15-34)38(2,35)36/h3,5-9,12,18-20,27H,4,10-11,13-17H2,1-2H3,(H2,30,31,32,33). The quantitative estimate of drug-likeness (QED) is 0.343. The summed E-state index contributed by atoms with van der Waals surface area (Å²) in [5.41, 5.74) is 5.83. The Bertz CT molecular complexity index is 1420. The number of allylic oxidation sites excluding steroid dienone is 1. The SMILES string of the molecule is CC1=Cc2cc(Nc3ccnc(Nc4cccc(OCCCN5CCC(S(C)(=O)=O)CC5)c4)n3)ccc2C1. The van der Waals surface area contributed by atoms with Gasteiger partial charge in [-0.3, -0.25) is 0 Å². The zero-order chi connectivity index (χ0) is 26.5. The second kappa shape index (κ2) is 11.5. The smallest absolute Gasteiger partial charge is 0.229 e. The molecular weight excluding hydrogens is 498 g/mol. The summed E-state index contributed by atoms with van der Waals surface area (Å²) in [6.07, 6.45) is 8.65. The van der Waals surface area contributed by atoms with Crippen molar-refractivity contribution in [3.8, 4) is 5.75 Å². The highest BCUT2D eigenvalue weighted by Crippen LogP contribution is 2.28. The van der Waals surface area contributed by atoms with Crippen molar-refractivity contribution >= 4 is 39.1 Å². The first kappa shape index (κ1) is 26.2. The fraction of sp³-hybridized carbons (Fsp3) is 0.379. The van der Waals surface area contributed by atoms with Crippen molar-refractivity contribution in [2.24, 2.45) is 0 Å². The molecule has 2 aromatic carbocycles. The Balaban J connectivity index is 1.10. The van der Waals surface area contributed by atoms with Gasteiger partial charge in [0.25, 0.3) is 0 Å². The minimum Gasteiger partial charge on any atom is -0.493 e. The van der Waals surface area contributed by atoms with Gasteiger partial charge in [0.15, 0.2) is 0 Å². The van der Waals surface area contributed by atoms with E-state index in [1.165, 1.54) is 23.0 Å². The zero-order valence-corrected chi connectivity index (χ0v) is 22.8. The highest BCUT2D eigenvalue weighted by atomic mass is 32.2. The molecule has 0 radical (unpaired) electrons. The third-order valence-corrected chi connectivity index (χ3v) is 8.75. The first-order valence-corrected chi connectivity index (χ1v) is 15.1. The predicted molar refractivity (Wildman–Crippen MR) is 153 cm³/mol. The van der Waals surface area contributed by atoms with E-state index in [2.05, 4.69) is 56.7 Å². The molecule has 0 atom stereocenters. The molecule has 2 heterocycles. The number of nitrogens with zero attached hydrogens (tertiary/aromatic N) is 3. The average molecular weight is 534 g/mol. The Labute approximate surface area is 225 Å². The molecule has 8 nitrogen and oxygen atoms in total. The summed E-state index contributed by atoms with van der Waals surface area (Å²) in [5, 5.41) is 6.46. The van der Waals surface area contributed by atoms with Gasteiger partial charge in [-0.15, -0.1) is 0 Å². The van der Waals surface area contributed by atoms with Gasteiger partial charge in [0.1, 0.15) is 21.4 Å². The molecule has 3 aromatic rings. The van der Waals surface area contributed by atoms with Gasteiger partial charge in [-0.25, -0.2) is 13.4 Å². The summed E-state index contributed by atoms with van der Waals surface area (Å²) < 4.78 is 29.4. The number of ether oxygens (including phenoxy) is 1. The van der Waals surface area contributed by atoms with Crippen LogP contribution < -0.4 is 15.4 Å². The van der Waals surface area contributed by atoms with Crippen LogP contribution in [0.25, 0.3) is 6.08 Å². The van der Waals surface area contributed by atoms with Crippen molar-refractivity contribution in [1.82, 2.24) is 14.9 Å². The molecule has 1 aliphatic carbocycles. The first-order chi connectivity index (χ1) is 18.3. The van der Waals surface area contributed by atoms with Crippen molar-refractivity contribution in [2.45, 2.75) is 37.9 Å². The number of likely N-dealkylation sites (tertiary alicyclic amines) is 1. The van der Waals surface area contributed by atoms with E-state index in [1.807, 2.05) is 30.3 Å². The van der Waals surface area contributed by atoms with Crippen molar-refractivity contribution in [3.05, 3.63) is 71.4 Å². The largest absolute Gasteiger partial charge is 0.493 e. The number of hydrogen-bond acceptors (Lipinski definition) is 8. The summed E-state index contributed by atoms with van der Waals surface area (Å²) in [6, 6.07) is 16.0. The summed E-state index contributed by atoms with van der Waals surface area (Å²) in [7, 11) is -2.93. The number of fused-ring (bicyclic) bond motifs is 1. The van der Waals surface area contributed by atoms with E-state index in [4.69, 9.17) is 4.74 Å². The molecule has 0 spiro atoms. The second-order valence-electron chi connectivity index (χ2n) is 10.2. The molecule has 2 aliphatic rings. The first-order valence-electron chi connectivity index (χ1n) is 13.1. The van der Waals surface area contributed by atoms with Crippen LogP contribution in [0.1, 0.15) is 37.3 Å². The van der Waals surface area contributed by atoms with Crippen LogP contribution in [0.15, 0.2) is 60.3 Å². The highest BCUT2D eigenvalue weighted by molar-refractivity contribution is 7.91. The van der Waals surface area contributed by atoms with Crippen LogP contribution in [-0.2, 0) is 16.3 Å². The monoisotopic (exact) mass is 533 g/mol. The number of nitrogens with one attached hydrogen (secondary N) is 2. The molecule has 1 aliphatic heterocycles. The lowest BCUT2D eigenvalue weighted by Crippen LogP contribution is -2.39. The number of anilines is 4. The summed E-state index contributed by atoms with van der Waals surface area (Å²) >= 11 is 0. The maximum absolute atomic E-state index is 11.7. The van der Waals surface area contributed by atoms with Crippen LogP contribution in [-0.4, -0.2) is 61.0 Å². The fourth-order valence-corrected chi connectivity index (χ4v) is 6.12. The van der Waals surface area contributed by atoms with E-state index in [0.29, 0.717) is 18.4 Å². The molecule has 0 amide bonds. The Morgan fingerprint density at radius 3 is 2.68 bits per heavy atom. The van der Waals surface area contributed by atoms with Crippen LogP contribution in [0.2, 0.25) is 0 Å². The van der Waals surface area contributed by atoms with Crippen LogP contribution in [0.5, 0.6) is 5.75 Å². The number of hydrogen-bond donors (Lipinski definition) is 2. The number of sulfone groups is 1. The third kappa shape index (κ3) is 6.90. The Morgan fingerprint density at radius 2 is 1.87 bits per heavy atom. The van der Waals surface area contributed by atoms with Gasteiger partial charge in [0.2, 0.25) is 5.95 Å². The molecule has 38 heavy (non-hydrogen) atoms. The van der Waals surface area contributed by atoms with E-state index in [0.717, 1.165) is 62.4 Å². The second-order valence-corrected chi connectivity index (χ2v) is 12.5. The van der Waals surface area contributed by atoms with Gasteiger partial charge in [-0.2, -0.15) is 4.98 Å². The van der Waals surface area contributed by atoms with Gasteiger partial charge in [-0.1, -0.05) is 23.8 Å². The van der Waals surface area contributed by atoms with Gasteiger partial charge in [0.05, 0.1) is 11.9 Å². The normalized spacial score (nSPS) is 16.1. The predicted octanol–water partition coefficient (Wildman–Crippen LogP) is 5.20. The average Bonchev–Trinajstić information content (AvgIpc) is 3.26. The Hall–Kier alpha value is -3.43. The maximum atomic E-state index is 11.7. The van der Waals surface area contributed by atoms with Crippen molar-refractivity contribution in [2.75, 3.05) is 43.1 Å². The lowest BCUT2D eigenvalue weighted by molar-refractivity contribution is 0.206. The van der Waals surface area contributed by atoms with Crippen LogP contribution in [0.4, 0.5) is 23.1 Å². The molecule has 2 N–H and O–H groups in total. The highest BCUT2D eigenvalue weighted by Gasteiger charge is 2.26. The van der Waals surface area contributed by atoms with Gasteiger partial charge in [0, 0.05) is 36.4 Å². The molecule has 0 unspecified atom stereocenters. The molecule has 5 rings (SSSR count). The van der Waals surface area contributed by atoms with E-state index < -0.39 is 9.84 Å². The van der Waals surface area contributed by atoms with E-state index in [1.54, 1.807) is 6.20 Å². The fourth-order valence-electron chi connectivity index (χ4n) is 5.05. The molecule has 9 heteroatoms. The number of piperidine rings is 1. The van der Waals surface area contributed by atoms with Crippen molar-refractivity contribution in [3.63, 3.8) is 0 Å². The summed E-state index contributed by atoms with van der Waals surface area (Å²) in [4.78, 5) is 11.3. The van der Waals surface area contributed by atoms with Gasteiger partial charge < -0.3 is 20.3 Å². The Kier molecular flexibility index (Phi) is 7.95. The minimum atomic E-state index is -2.93. The van der Waals surface area contributed by atoms with E-state index in [9.17, 15) is 8.42 Å². The minimum absolute atomic E-state index is 0.189. The molecule has 1 saturated heterocycles. The molecule has 200 valence electrons. The van der Waals surface area contributed by atoms with Crippen molar-refractivity contribution in [1.29, 1.82) is 0 Å². The van der Waals surface area contributed by atoms with Crippen LogP contribution in [0, 0.1) is 0 Å². The van der Waals surface area contributed by atoms with E-state index in [-0.39, 0.29) is 5.25 Å². The molecular formula is C29H35N5O3S. The summed E-state index contributed by atoms with van der Waals surface area (Å²) in [5.74, 6) is 2.00. The Morgan fingerprint density at radius 1 is 1.05 bits per heavy atom. The molecule has 0 bridgehead atoms. The van der Waals surface area contributed by atoms with Crippen molar-refractivity contribution < 1.29 is 13.2 Å². The summed E-state index contributed by atoms with van der Waals surface area (Å²) in [6.45, 7) is 5.32. The van der Waals surface area contributed by atoms with Crippen LogP contribution >= 0.6 is 0 Å². The number of rotatable bonds is 10. The lowest BCUT2D eigenvalue weighted by Gasteiger charge is -2.30. The van der Waals surface area contributed by atoms with Gasteiger partial charge >= 0.3 is 0 Å². The topological polar surface area (TPSA) is 96.5 Å². The zero-order valence-electron chi connectivity index (χ0n) is 22.0. The molecule has 1 fully saturated rings. The molecule has 0 saturated carbocycles. The molecule has 1 aromatic heterocycles. The third-order valence-electron chi connectivity index (χ3n) is 7.06. The lowest BCUT2D eigenvalue weighted by atomic mass is 10.1. The van der Waals surface area contributed by atoms with Crippen LogP contribution in [0.3, 0.4) is 0 Å². The maximum Gasteiger partial charge on any atom is 0.229 e. The number of benzene rings is 2. The van der Waals surface area contributed by atoms with Gasteiger partial charge in [-0.05, 0) is 87.2 Å².